The number of carbonyl (C=O) groups is 2. The van der Waals surface area contributed by atoms with Crippen molar-refractivity contribution in [1.82, 2.24) is 9.96 Å². The van der Waals surface area contributed by atoms with E-state index in [2.05, 4.69) is 0 Å². The first kappa shape index (κ1) is 18.3. The predicted octanol–water partition coefficient (Wildman–Crippen LogP) is 1.51. The molecule has 4 rings (SSSR count). The zero-order valence-corrected chi connectivity index (χ0v) is 15.2. The standard InChI is InChI=1S/C20H21N3O5/c21-19(25)18-15-7-6-14(27-9-8-24)10-16(15)17-11-22(18)20(26)23(17)28-12-13-4-2-1-3-5-13/h1-7,10,17-18,24H,8-9,11-12H2,(H2,21,25)/t17-,18+/m0/s1. The molecule has 0 aliphatic carbocycles. The zero-order valence-electron chi connectivity index (χ0n) is 15.2. The van der Waals surface area contributed by atoms with E-state index in [0.717, 1.165) is 11.1 Å². The summed E-state index contributed by atoms with van der Waals surface area (Å²) in [5.41, 5.74) is 7.95. The number of urea groups is 1. The third-order valence-electron chi connectivity index (χ3n) is 4.95. The molecule has 1 saturated heterocycles. The second kappa shape index (κ2) is 7.49. The van der Waals surface area contributed by atoms with Crippen LogP contribution in [0.5, 0.6) is 5.75 Å². The highest BCUT2D eigenvalue weighted by molar-refractivity contribution is 5.90. The van der Waals surface area contributed by atoms with Gasteiger partial charge in [0.05, 0.1) is 13.2 Å². The van der Waals surface area contributed by atoms with Crippen LogP contribution >= 0.6 is 0 Å². The number of aliphatic hydroxyl groups is 1. The molecule has 2 aromatic rings. The quantitative estimate of drug-likeness (QED) is 0.754. The van der Waals surface area contributed by atoms with Crippen molar-refractivity contribution in [3.8, 4) is 5.75 Å². The van der Waals surface area contributed by atoms with Gasteiger partial charge in [0.2, 0.25) is 5.91 Å². The topological polar surface area (TPSA) is 105 Å². The summed E-state index contributed by atoms with van der Waals surface area (Å²) in [6.07, 6.45) is 0. The Morgan fingerprint density at radius 3 is 2.68 bits per heavy atom. The van der Waals surface area contributed by atoms with Crippen molar-refractivity contribution < 1.29 is 24.3 Å². The van der Waals surface area contributed by atoms with E-state index in [1.54, 1.807) is 18.2 Å². The van der Waals surface area contributed by atoms with Gasteiger partial charge in [0, 0.05) is 0 Å². The molecule has 8 nitrogen and oxygen atoms in total. The largest absolute Gasteiger partial charge is 0.491 e. The Balaban J connectivity index is 1.65. The van der Waals surface area contributed by atoms with Gasteiger partial charge in [-0.05, 0) is 28.8 Å². The van der Waals surface area contributed by atoms with Crippen molar-refractivity contribution >= 4 is 11.9 Å². The summed E-state index contributed by atoms with van der Waals surface area (Å²) in [6, 6.07) is 13.1. The molecule has 0 unspecified atom stereocenters. The Morgan fingerprint density at radius 1 is 1.18 bits per heavy atom. The minimum atomic E-state index is -0.851. The first-order valence-electron chi connectivity index (χ1n) is 9.03. The Bertz CT molecular complexity index is 889. The van der Waals surface area contributed by atoms with E-state index in [-0.39, 0.29) is 25.9 Å². The Kier molecular flexibility index (Phi) is 4.89. The van der Waals surface area contributed by atoms with E-state index in [1.807, 2.05) is 30.3 Å². The maximum atomic E-state index is 12.9. The molecular weight excluding hydrogens is 362 g/mol. The van der Waals surface area contributed by atoms with Crippen LogP contribution in [0.15, 0.2) is 48.5 Å². The molecular formula is C20H21N3O5. The fraction of sp³-hybridized carbons (Fsp3) is 0.300. The van der Waals surface area contributed by atoms with Gasteiger partial charge in [-0.3, -0.25) is 9.63 Å². The number of fused-ring (bicyclic) bond motifs is 4. The van der Waals surface area contributed by atoms with E-state index >= 15 is 0 Å². The number of primary amides is 1. The summed E-state index contributed by atoms with van der Waals surface area (Å²) in [7, 11) is 0. The lowest BCUT2D eigenvalue weighted by atomic mass is 9.90. The molecule has 3 amide bonds. The third kappa shape index (κ3) is 3.17. The van der Waals surface area contributed by atoms with Crippen LogP contribution in [0.2, 0.25) is 0 Å². The minimum Gasteiger partial charge on any atom is -0.491 e. The number of rotatable bonds is 7. The van der Waals surface area contributed by atoms with E-state index in [9.17, 15) is 9.59 Å². The molecule has 28 heavy (non-hydrogen) atoms. The molecule has 2 aliphatic heterocycles. The van der Waals surface area contributed by atoms with Gasteiger partial charge in [-0.2, -0.15) is 5.06 Å². The van der Waals surface area contributed by atoms with E-state index in [4.69, 9.17) is 20.4 Å². The summed E-state index contributed by atoms with van der Waals surface area (Å²) < 4.78 is 5.49. The molecule has 2 bridgehead atoms. The first-order chi connectivity index (χ1) is 13.6. The van der Waals surface area contributed by atoms with Gasteiger partial charge in [0.25, 0.3) is 0 Å². The maximum Gasteiger partial charge on any atom is 0.345 e. The number of ether oxygens (including phenoxy) is 1. The summed E-state index contributed by atoms with van der Waals surface area (Å²) in [5.74, 6) is -0.0474. The molecule has 0 radical (unpaired) electrons. The van der Waals surface area contributed by atoms with Crippen LogP contribution < -0.4 is 10.5 Å². The Hall–Kier alpha value is -3.10. The molecule has 8 heteroatoms. The van der Waals surface area contributed by atoms with Crippen LogP contribution in [-0.2, 0) is 16.2 Å². The van der Waals surface area contributed by atoms with Gasteiger partial charge >= 0.3 is 6.03 Å². The molecule has 2 aromatic carbocycles. The highest BCUT2D eigenvalue weighted by Gasteiger charge is 2.50. The number of carbonyl (C=O) groups excluding carboxylic acids is 2. The molecule has 2 aliphatic rings. The van der Waals surface area contributed by atoms with Crippen LogP contribution in [-0.4, -0.2) is 46.8 Å². The number of nitrogens with zero attached hydrogens (tertiary/aromatic N) is 2. The number of amides is 3. The Labute approximate surface area is 162 Å². The fourth-order valence-electron chi connectivity index (χ4n) is 3.72. The summed E-state index contributed by atoms with van der Waals surface area (Å²) >= 11 is 0. The minimum absolute atomic E-state index is 0.108. The van der Waals surface area contributed by atoms with E-state index in [0.29, 0.717) is 17.9 Å². The number of hydrogen-bond donors (Lipinski definition) is 2. The molecule has 0 spiro atoms. The lowest BCUT2D eigenvalue weighted by Gasteiger charge is -2.31. The average molecular weight is 383 g/mol. The monoisotopic (exact) mass is 383 g/mol. The molecule has 0 saturated carbocycles. The number of aliphatic hydroxyl groups excluding tert-OH is 1. The summed E-state index contributed by atoms with van der Waals surface area (Å²) in [5, 5.41) is 10.3. The second-order valence-corrected chi connectivity index (χ2v) is 6.70. The molecule has 3 N–H and O–H groups in total. The van der Waals surface area contributed by atoms with Crippen molar-refractivity contribution in [2.45, 2.75) is 18.7 Å². The lowest BCUT2D eigenvalue weighted by Crippen LogP contribution is -2.41. The van der Waals surface area contributed by atoms with Gasteiger partial charge in [0.1, 0.15) is 31.0 Å². The van der Waals surface area contributed by atoms with Gasteiger partial charge in [0.15, 0.2) is 0 Å². The van der Waals surface area contributed by atoms with Crippen LogP contribution in [0, 0.1) is 0 Å². The normalized spacial score (nSPS) is 20.2. The summed E-state index contributed by atoms with van der Waals surface area (Å²) in [6.45, 7) is 0.580. The van der Waals surface area contributed by atoms with E-state index < -0.39 is 18.0 Å². The lowest BCUT2D eigenvalue weighted by molar-refractivity contribution is -0.141. The van der Waals surface area contributed by atoms with Crippen LogP contribution in [0.25, 0.3) is 0 Å². The molecule has 0 aromatic heterocycles. The van der Waals surface area contributed by atoms with Crippen LogP contribution in [0.4, 0.5) is 4.79 Å². The fourth-order valence-corrected chi connectivity index (χ4v) is 3.72. The van der Waals surface area contributed by atoms with Crippen molar-refractivity contribution in [3.05, 3.63) is 65.2 Å². The number of hydroxylamine groups is 2. The van der Waals surface area contributed by atoms with E-state index in [1.165, 1.54) is 9.96 Å². The average Bonchev–Trinajstić information content (AvgIpc) is 2.98. The van der Waals surface area contributed by atoms with Crippen LogP contribution in [0.3, 0.4) is 0 Å². The number of hydrogen-bond acceptors (Lipinski definition) is 5. The van der Waals surface area contributed by atoms with Crippen molar-refractivity contribution in [1.29, 1.82) is 0 Å². The smallest absolute Gasteiger partial charge is 0.345 e. The van der Waals surface area contributed by atoms with Crippen molar-refractivity contribution in [2.75, 3.05) is 19.8 Å². The number of nitrogens with two attached hydrogens (primary N) is 1. The molecule has 2 atom stereocenters. The maximum absolute atomic E-state index is 12.9. The van der Waals surface area contributed by atoms with Gasteiger partial charge < -0.3 is 20.5 Å². The summed E-state index contributed by atoms with van der Waals surface area (Å²) in [4.78, 5) is 32.3. The first-order valence-corrected chi connectivity index (χ1v) is 9.03. The van der Waals surface area contributed by atoms with Gasteiger partial charge in [-0.25, -0.2) is 4.79 Å². The third-order valence-corrected chi connectivity index (χ3v) is 4.95. The van der Waals surface area contributed by atoms with Gasteiger partial charge in [-0.1, -0.05) is 36.4 Å². The zero-order chi connectivity index (χ0) is 19.7. The van der Waals surface area contributed by atoms with Gasteiger partial charge in [-0.15, -0.1) is 0 Å². The molecule has 1 fully saturated rings. The second-order valence-electron chi connectivity index (χ2n) is 6.70. The van der Waals surface area contributed by atoms with Crippen molar-refractivity contribution in [3.63, 3.8) is 0 Å². The Morgan fingerprint density at radius 2 is 1.96 bits per heavy atom. The predicted molar refractivity (Wildman–Crippen MR) is 98.9 cm³/mol. The molecule has 146 valence electrons. The van der Waals surface area contributed by atoms with Crippen molar-refractivity contribution in [2.24, 2.45) is 5.73 Å². The SMILES string of the molecule is NC(=O)[C@H]1c2ccc(OCCO)cc2[C@@H]2CN1C(=O)N2OCc1ccccc1. The van der Waals surface area contributed by atoms with Crippen LogP contribution in [0.1, 0.15) is 28.8 Å². The highest BCUT2D eigenvalue weighted by atomic mass is 16.7. The highest BCUT2D eigenvalue weighted by Crippen LogP contribution is 2.45. The number of benzene rings is 2. The molecule has 2 heterocycles.